The fourth-order valence-electron chi connectivity index (χ4n) is 2.61. The van der Waals surface area contributed by atoms with E-state index in [1.54, 1.807) is 12.1 Å². The van der Waals surface area contributed by atoms with E-state index < -0.39 is 11.7 Å². The third-order valence-corrected chi connectivity index (χ3v) is 4.01. The van der Waals surface area contributed by atoms with Gasteiger partial charge in [-0.25, -0.2) is 9.40 Å². The van der Waals surface area contributed by atoms with Crippen molar-refractivity contribution in [3.8, 4) is 0 Å². The quantitative estimate of drug-likeness (QED) is 0.929. The molecule has 128 valence electrons. The van der Waals surface area contributed by atoms with Gasteiger partial charge < -0.3 is 5.32 Å². The van der Waals surface area contributed by atoms with Crippen molar-refractivity contribution in [1.82, 2.24) is 0 Å². The Balaban J connectivity index is 1.89. The summed E-state index contributed by atoms with van der Waals surface area (Å²) < 4.78 is 13.7. The standard InChI is InChI=1S/C19H18FN3O2/c1-12-7-8-13(2)17(11-12)23-18(24)10-9-16(22-23)19(25)21-15-6-4-3-5-14(15)20/h3-8,11H,9-10H2,1-2H3,(H,21,25). The molecule has 0 atom stereocenters. The number of para-hydroxylation sites is 1. The van der Waals surface area contributed by atoms with Crippen LogP contribution in [0.2, 0.25) is 0 Å². The van der Waals surface area contributed by atoms with Gasteiger partial charge in [-0.1, -0.05) is 24.3 Å². The van der Waals surface area contributed by atoms with Crippen LogP contribution in [0.3, 0.4) is 0 Å². The summed E-state index contributed by atoms with van der Waals surface area (Å²) in [6, 6.07) is 11.6. The van der Waals surface area contributed by atoms with Crippen LogP contribution in [-0.4, -0.2) is 17.5 Å². The van der Waals surface area contributed by atoms with Crippen LogP contribution < -0.4 is 10.3 Å². The lowest BCUT2D eigenvalue weighted by Gasteiger charge is -2.24. The lowest BCUT2D eigenvalue weighted by Crippen LogP contribution is -2.36. The van der Waals surface area contributed by atoms with Crippen LogP contribution in [0.25, 0.3) is 0 Å². The molecule has 1 aliphatic heterocycles. The number of benzene rings is 2. The molecule has 1 aliphatic rings. The van der Waals surface area contributed by atoms with Gasteiger partial charge in [0.05, 0.1) is 11.4 Å². The fraction of sp³-hybridized carbons (Fsp3) is 0.211. The lowest BCUT2D eigenvalue weighted by atomic mass is 10.1. The van der Waals surface area contributed by atoms with E-state index in [1.807, 2.05) is 32.0 Å². The van der Waals surface area contributed by atoms with Gasteiger partial charge in [-0.15, -0.1) is 0 Å². The second kappa shape index (κ2) is 6.84. The van der Waals surface area contributed by atoms with Crippen molar-refractivity contribution >= 4 is 28.9 Å². The van der Waals surface area contributed by atoms with Gasteiger partial charge in [-0.2, -0.15) is 5.10 Å². The summed E-state index contributed by atoms with van der Waals surface area (Å²) in [4.78, 5) is 24.7. The zero-order valence-electron chi connectivity index (χ0n) is 14.0. The predicted molar refractivity (Wildman–Crippen MR) is 95.1 cm³/mol. The fourth-order valence-corrected chi connectivity index (χ4v) is 2.61. The Hall–Kier alpha value is -3.02. The van der Waals surface area contributed by atoms with Gasteiger partial charge in [0, 0.05) is 12.8 Å². The molecule has 2 aromatic rings. The summed E-state index contributed by atoms with van der Waals surface area (Å²) in [5, 5.41) is 8.00. The Bertz CT molecular complexity index is 877. The summed E-state index contributed by atoms with van der Waals surface area (Å²) >= 11 is 0. The van der Waals surface area contributed by atoms with Gasteiger partial charge >= 0.3 is 0 Å². The van der Waals surface area contributed by atoms with Crippen molar-refractivity contribution in [3.05, 3.63) is 59.4 Å². The van der Waals surface area contributed by atoms with Gasteiger partial charge in [0.25, 0.3) is 5.91 Å². The molecule has 0 aromatic heterocycles. The minimum atomic E-state index is -0.519. The third kappa shape index (κ3) is 3.57. The van der Waals surface area contributed by atoms with Crippen LogP contribution in [0.4, 0.5) is 15.8 Å². The Kier molecular flexibility index (Phi) is 4.61. The monoisotopic (exact) mass is 339 g/mol. The second-order valence-corrected chi connectivity index (χ2v) is 5.98. The molecule has 2 amide bonds. The number of carbonyl (C=O) groups is 2. The zero-order valence-corrected chi connectivity index (χ0v) is 14.0. The minimum absolute atomic E-state index is 0.0883. The number of rotatable bonds is 3. The van der Waals surface area contributed by atoms with E-state index in [0.717, 1.165) is 11.1 Å². The average molecular weight is 339 g/mol. The van der Waals surface area contributed by atoms with Crippen molar-refractivity contribution in [1.29, 1.82) is 0 Å². The van der Waals surface area contributed by atoms with Crippen LogP contribution in [0.15, 0.2) is 47.6 Å². The van der Waals surface area contributed by atoms with E-state index >= 15 is 0 Å². The highest BCUT2D eigenvalue weighted by atomic mass is 19.1. The van der Waals surface area contributed by atoms with Gasteiger partial charge in [0.1, 0.15) is 11.5 Å². The Morgan fingerprint density at radius 2 is 1.92 bits per heavy atom. The first-order chi connectivity index (χ1) is 12.0. The zero-order chi connectivity index (χ0) is 18.0. The molecular weight excluding hydrogens is 321 g/mol. The van der Waals surface area contributed by atoms with E-state index in [2.05, 4.69) is 10.4 Å². The van der Waals surface area contributed by atoms with Crippen LogP contribution in [-0.2, 0) is 9.59 Å². The highest BCUT2D eigenvalue weighted by Crippen LogP contribution is 2.25. The van der Waals surface area contributed by atoms with Crippen molar-refractivity contribution < 1.29 is 14.0 Å². The number of hydrogen-bond acceptors (Lipinski definition) is 3. The maximum atomic E-state index is 13.7. The van der Waals surface area contributed by atoms with E-state index in [-0.39, 0.29) is 30.1 Å². The van der Waals surface area contributed by atoms with Crippen LogP contribution >= 0.6 is 0 Å². The summed E-state index contributed by atoms with van der Waals surface area (Å²) in [5.74, 6) is -1.20. The minimum Gasteiger partial charge on any atom is -0.318 e. The molecule has 0 spiro atoms. The first-order valence-corrected chi connectivity index (χ1v) is 7.99. The number of hydrazone groups is 1. The van der Waals surface area contributed by atoms with E-state index in [4.69, 9.17) is 0 Å². The smallest absolute Gasteiger partial charge is 0.271 e. The van der Waals surface area contributed by atoms with Crippen LogP contribution in [0.1, 0.15) is 24.0 Å². The number of hydrogen-bond donors (Lipinski definition) is 1. The number of aryl methyl sites for hydroxylation is 2. The van der Waals surface area contributed by atoms with E-state index in [1.165, 1.54) is 17.1 Å². The number of nitrogens with zero attached hydrogens (tertiary/aromatic N) is 2. The van der Waals surface area contributed by atoms with Gasteiger partial charge in [0.15, 0.2) is 0 Å². The van der Waals surface area contributed by atoms with Crippen molar-refractivity contribution in [2.24, 2.45) is 5.10 Å². The number of nitrogens with one attached hydrogen (secondary N) is 1. The molecule has 0 radical (unpaired) electrons. The third-order valence-electron chi connectivity index (χ3n) is 4.01. The van der Waals surface area contributed by atoms with Crippen LogP contribution in [0, 0.1) is 19.7 Å². The van der Waals surface area contributed by atoms with Gasteiger partial charge in [-0.05, 0) is 43.2 Å². The number of carbonyl (C=O) groups excluding carboxylic acids is 2. The second-order valence-electron chi connectivity index (χ2n) is 5.98. The summed E-state index contributed by atoms with van der Waals surface area (Å²) in [6.45, 7) is 3.80. The first kappa shape index (κ1) is 16.8. The number of amides is 2. The molecule has 2 aromatic carbocycles. The normalized spacial score (nSPS) is 14.3. The highest BCUT2D eigenvalue weighted by molar-refractivity contribution is 6.44. The maximum Gasteiger partial charge on any atom is 0.271 e. The molecule has 5 nitrogen and oxygen atoms in total. The van der Waals surface area contributed by atoms with Crippen LogP contribution in [0.5, 0.6) is 0 Å². The first-order valence-electron chi connectivity index (χ1n) is 7.99. The Morgan fingerprint density at radius 3 is 2.68 bits per heavy atom. The summed E-state index contributed by atoms with van der Waals surface area (Å²) in [7, 11) is 0. The van der Waals surface area contributed by atoms with Gasteiger partial charge in [-0.3, -0.25) is 9.59 Å². The molecular formula is C19H18FN3O2. The maximum absolute atomic E-state index is 13.7. The molecule has 1 N–H and O–H groups in total. The van der Waals surface area contributed by atoms with Crippen molar-refractivity contribution in [3.63, 3.8) is 0 Å². The molecule has 0 saturated carbocycles. The van der Waals surface area contributed by atoms with Crippen molar-refractivity contribution in [2.75, 3.05) is 10.3 Å². The summed E-state index contributed by atoms with van der Waals surface area (Å²) in [5.41, 5.74) is 2.82. The molecule has 25 heavy (non-hydrogen) atoms. The number of halogens is 1. The summed E-state index contributed by atoms with van der Waals surface area (Å²) in [6.07, 6.45) is 0.400. The number of anilines is 2. The molecule has 0 fully saturated rings. The molecule has 1 heterocycles. The van der Waals surface area contributed by atoms with Crippen molar-refractivity contribution in [2.45, 2.75) is 26.7 Å². The lowest BCUT2D eigenvalue weighted by molar-refractivity contribution is -0.118. The molecule has 0 saturated heterocycles. The largest absolute Gasteiger partial charge is 0.318 e. The predicted octanol–water partition coefficient (Wildman–Crippen LogP) is 3.56. The highest BCUT2D eigenvalue weighted by Gasteiger charge is 2.26. The van der Waals surface area contributed by atoms with E-state index in [0.29, 0.717) is 5.69 Å². The topological polar surface area (TPSA) is 61.8 Å². The Morgan fingerprint density at radius 1 is 1.16 bits per heavy atom. The SMILES string of the molecule is Cc1ccc(C)c(N2N=C(C(=O)Nc3ccccc3F)CCC2=O)c1. The molecule has 3 rings (SSSR count). The van der Waals surface area contributed by atoms with E-state index in [9.17, 15) is 14.0 Å². The molecule has 0 unspecified atom stereocenters. The van der Waals surface area contributed by atoms with Gasteiger partial charge in [0.2, 0.25) is 5.91 Å². The molecule has 6 heteroatoms. The molecule has 0 bridgehead atoms. The average Bonchev–Trinajstić information content (AvgIpc) is 2.59. The molecule has 0 aliphatic carbocycles. The Labute approximate surface area is 145 Å².